The molecular formula is C18H16BrClN2O3S. The summed E-state index contributed by atoms with van der Waals surface area (Å²) in [6.07, 6.45) is 0. The summed E-state index contributed by atoms with van der Waals surface area (Å²) in [6.45, 7) is 3.95. The van der Waals surface area contributed by atoms with E-state index in [2.05, 4.69) is 21.0 Å². The summed E-state index contributed by atoms with van der Waals surface area (Å²) in [5.41, 5.74) is 1.38. The van der Waals surface area contributed by atoms with Crippen molar-refractivity contribution in [3.63, 3.8) is 0 Å². The Morgan fingerprint density at radius 3 is 2.27 bits per heavy atom. The molecular weight excluding hydrogens is 440 g/mol. The third kappa shape index (κ3) is 4.11. The van der Waals surface area contributed by atoms with E-state index < -0.39 is 10.1 Å². The summed E-state index contributed by atoms with van der Waals surface area (Å²) in [4.78, 5) is 0.0654. The number of halogens is 2. The van der Waals surface area contributed by atoms with Crippen LogP contribution in [0.15, 0.2) is 64.0 Å². The molecule has 0 aliphatic heterocycles. The SMILES string of the molecule is CC(C)c1cc(OS(=O)(=O)c2ccc(Br)cc2)n(-c2ccc(Cl)cc2)n1. The average molecular weight is 456 g/mol. The second-order valence-corrected chi connectivity index (χ2v) is 8.84. The monoisotopic (exact) mass is 454 g/mol. The zero-order chi connectivity index (χ0) is 18.9. The highest BCUT2D eigenvalue weighted by atomic mass is 79.9. The number of hydrogen-bond acceptors (Lipinski definition) is 4. The molecule has 0 saturated carbocycles. The summed E-state index contributed by atoms with van der Waals surface area (Å²) in [6, 6.07) is 14.8. The molecule has 0 atom stereocenters. The third-order valence-electron chi connectivity index (χ3n) is 3.66. The quantitative estimate of drug-likeness (QED) is 0.497. The number of benzene rings is 2. The smallest absolute Gasteiger partial charge is 0.340 e. The summed E-state index contributed by atoms with van der Waals surface area (Å²) in [5.74, 6) is 0.236. The van der Waals surface area contributed by atoms with Crippen LogP contribution in [0, 0.1) is 0 Å². The summed E-state index contributed by atoms with van der Waals surface area (Å²) in [5, 5.41) is 5.06. The molecule has 136 valence electrons. The van der Waals surface area contributed by atoms with Crippen molar-refractivity contribution in [2.45, 2.75) is 24.7 Å². The maximum Gasteiger partial charge on any atom is 0.340 e. The van der Waals surface area contributed by atoms with E-state index in [0.29, 0.717) is 10.7 Å². The molecule has 5 nitrogen and oxygen atoms in total. The molecule has 0 bridgehead atoms. The first-order valence-electron chi connectivity index (χ1n) is 7.82. The second kappa shape index (κ2) is 7.42. The van der Waals surface area contributed by atoms with E-state index in [1.54, 1.807) is 42.5 Å². The van der Waals surface area contributed by atoms with Gasteiger partial charge in [0.25, 0.3) is 0 Å². The van der Waals surface area contributed by atoms with Crippen LogP contribution in [0.5, 0.6) is 5.88 Å². The van der Waals surface area contributed by atoms with Crippen LogP contribution in [0.4, 0.5) is 0 Å². The first kappa shape index (κ1) is 18.9. The minimum Gasteiger partial charge on any atom is -0.358 e. The Balaban J connectivity index is 2.03. The largest absolute Gasteiger partial charge is 0.358 e. The molecule has 0 radical (unpaired) electrons. The molecule has 0 saturated heterocycles. The van der Waals surface area contributed by atoms with Gasteiger partial charge in [0.2, 0.25) is 5.88 Å². The zero-order valence-corrected chi connectivity index (χ0v) is 17.2. The number of aromatic nitrogens is 2. The van der Waals surface area contributed by atoms with E-state index in [4.69, 9.17) is 15.8 Å². The zero-order valence-electron chi connectivity index (χ0n) is 14.1. The minimum absolute atomic E-state index is 0.0654. The van der Waals surface area contributed by atoms with E-state index in [-0.39, 0.29) is 16.7 Å². The lowest BCUT2D eigenvalue weighted by Gasteiger charge is -2.09. The maximum absolute atomic E-state index is 12.6. The molecule has 1 aromatic heterocycles. The van der Waals surface area contributed by atoms with Crippen molar-refractivity contribution in [1.82, 2.24) is 9.78 Å². The van der Waals surface area contributed by atoms with Gasteiger partial charge in [0, 0.05) is 15.6 Å². The predicted molar refractivity (Wildman–Crippen MR) is 105 cm³/mol. The number of hydrogen-bond donors (Lipinski definition) is 0. The van der Waals surface area contributed by atoms with Crippen molar-refractivity contribution < 1.29 is 12.6 Å². The van der Waals surface area contributed by atoms with Gasteiger partial charge in [-0.15, -0.1) is 0 Å². The third-order valence-corrected chi connectivity index (χ3v) is 5.68. The highest BCUT2D eigenvalue weighted by molar-refractivity contribution is 9.10. The molecule has 0 fully saturated rings. The molecule has 1 heterocycles. The van der Waals surface area contributed by atoms with Gasteiger partial charge in [0.1, 0.15) is 4.90 Å². The van der Waals surface area contributed by atoms with E-state index in [1.165, 1.54) is 16.8 Å². The Labute approximate surface area is 165 Å². The second-order valence-electron chi connectivity index (χ2n) is 5.94. The number of rotatable bonds is 5. The van der Waals surface area contributed by atoms with Gasteiger partial charge in [0.15, 0.2) is 0 Å². The molecule has 0 amide bonds. The lowest BCUT2D eigenvalue weighted by molar-refractivity contribution is 0.465. The van der Waals surface area contributed by atoms with Crippen molar-refractivity contribution in [2.75, 3.05) is 0 Å². The van der Waals surface area contributed by atoms with Gasteiger partial charge < -0.3 is 4.18 Å². The van der Waals surface area contributed by atoms with Crippen LogP contribution >= 0.6 is 27.5 Å². The van der Waals surface area contributed by atoms with Gasteiger partial charge in [0.05, 0.1) is 11.4 Å². The van der Waals surface area contributed by atoms with Crippen LogP contribution in [0.2, 0.25) is 5.02 Å². The molecule has 3 rings (SSSR count). The Morgan fingerprint density at radius 1 is 1.08 bits per heavy atom. The predicted octanol–water partition coefficient (Wildman–Crippen LogP) is 5.18. The Hall–Kier alpha value is -1.83. The van der Waals surface area contributed by atoms with Crippen molar-refractivity contribution in [3.8, 4) is 11.6 Å². The fourth-order valence-corrected chi connectivity index (χ4v) is 3.55. The Bertz CT molecular complexity index is 1010. The molecule has 3 aromatic rings. The van der Waals surface area contributed by atoms with Gasteiger partial charge in [-0.1, -0.05) is 41.4 Å². The fraction of sp³-hybridized carbons (Fsp3) is 0.167. The molecule has 0 unspecified atom stereocenters. The minimum atomic E-state index is -3.99. The number of nitrogens with zero attached hydrogens (tertiary/aromatic N) is 2. The Kier molecular flexibility index (Phi) is 5.41. The van der Waals surface area contributed by atoms with Crippen molar-refractivity contribution >= 4 is 37.6 Å². The van der Waals surface area contributed by atoms with Crippen molar-refractivity contribution in [2.24, 2.45) is 0 Å². The fourth-order valence-electron chi connectivity index (χ4n) is 2.25. The molecule has 0 N–H and O–H groups in total. The van der Waals surface area contributed by atoms with Crippen LogP contribution in [0.1, 0.15) is 25.5 Å². The van der Waals surface area contributed by atoms with Gasteiger partial charge >= 0.3 is 10.1 Å². The molecule has 26 heavy (non-hydrogen) atoms. The molecule has 0 spiro atoms. The standard InChI is InChI=1S/C18H16BrClN2O3S/c1-12(2)17-11-18(22(21-17)15-7-5-14(20)6-8-15)25-26(23,24)16-9-3-13(19)4-10-16/h3-12H,1-2H3. The topological polar surface area (TPSA) is 61.2 Å². The average Bonchev–Trinajstić information content (AvgIpc) is 2.99. The van der Waals surface area contributed by atoms with Crippen LogP contribution in [0.3, 0.4) is 0 Å². The molecule has 0 aliphatic carbocycles. The van der Waals surface area contributed by atoms with Crippen molar-refractivity contribution in [1.29, 1.82) is 0 Å². The highest BCUT2D eigenvalue weighted by Crippen LogP contribution is 2.27. The summed E-state index contributed by atoms with van der Waals surface area (Å²) < 4.78 is 32.9. The first-order valence-corrected chi connectivity index (χ1v) is 10.4. The van der Waals surface area contributed by atoms with E-state index in [0.717, 1.165) is 10.2 Å². The van der Waals surface area contributed by atoms with Crippen molar-refractivity contribution in [3.05, 3.63) is 69.8 Å². The normalized spacial score (nSPS) is 11.7. The van der Waals surface area contributed by atoms with Crippen LogP contribution in [-0.2, 0) is 10.1 Å². The molecule has 2 aromatic carbocycles. The van der Waals surface area contributed by atoms with E-state index in [1.807, 2.05) is 13.8 Å². The Morgan fingerprint density at radius 2 is 1.69 bits per heavy atom. The molecule has 0 aliphatic rings. The van der Waals surface area contributed by atoms with Crippen LogP contribution in [0.25, 0.3) is 5.69 Å². The highest BCUT2D eigenvalue weighted by Gasteiger charge is 2.22. The van der Waals surface area contributed by atoms with E-state index >= 15 is 0 Å². The first-order chi connectivity index (χ1) is 12.3. The summed E-state index contributed by atoms with van der Waals surface area (Å²) in [7, 11) is -3.99. The lowest BCUT2D eigenvalue weighted by atomic mass is 10.1. The van der Waals surface area contributed by atoms with Crippen LogP contribution < -0.4 is 4.18 Å². The van der Waals surface area contributed by atoms with Gasteiger partial charge in [-0.25, -0.2) is 0 Å². The lowest BCUT2D eigenvalue weighted by Crippen LogP contribution is -2.12. The summed E-state index contributed by atoms with van der Waals surface area (Å²) >= 11 is 9.22. The van der Waals surface area contributed by atoms with E-state index in [9.17, 15) is 8.42 Å². The van der Waals surface area contributed by atoms with Crippen LogP contribution in [-0.4, -0.2) is 18.2 Å². The van der Waals surface area contributed by atoms with Gasteiger partial charge in [-0.2, -0.15) is 18.2 Å². The van der Waals surface area contributed by atoms with Gasteiger partial charge in [-0.05, 0) is 54.4 Å². The maximum atomic E-state index is 12.6. The van der Waals surface area contributed by atoms with Gasteiger partial charge in [-0.3, -0.25) is 0 Å². The molecule has 8 heteroatoms.